The highest BCUT2D eigenvalue weighted by Gasteiger charge is 2.39. The first kappa shape index (κ1) is 22.9. The van der Waals surface area contributed by atoms with Crippen molar-refractivity contribution in [3.8, 4) is 5.75 Å². The molecule has 0 aromatic heterocycles. The van der Waals surface area contributed by atoms with Crippen molar-refractivity contribution >= 4 is 11.8 Å². The first-order valence-electron chi connectivity index (χ1n) is 11.4. The van der Waals surface area contributed by atoms with Crippen molar-refractivity contribution < 1.29 is 14.9 Å². The highest BCUT2D eigenvalue weighted by atomic mass is 32.2. The molecule has 3 rings (SSSR count). The van der Waals surface area contributed by atoms with Crippen LogP contribution in [-0.2, 0) is 0 Å². The third-order valence-electron chi connectivity index (χ3n) is 6.33. The van der Waals surface area contributed by atoms with E-state index in [2.05, 4.69) is 17.0 Å². The lowest BCUT2D eigenvalue weighted by Gasteiger charge is -2.23. The van der Waals surface area contributed by atoms with Gasteiger partial charge < -0.3 is 19.8 Å². The van der Waals surface area contributed by atoms with Crippen LogP contribution < -0.4 is 4.74 Å². The van der Waals surface area contributed by atoms with Crippen LogP contribution in [0.15, 0.2) is 29.2 Å². The molecule has 0 bridgehead atoms. The molecule has 0 saturated heterocycles. The van der Waals surface area contributed by atoms with Gasteiger partial charge in [-0.1, -0.05) is 0 Å². The van der Waals surface area contributed by atoms with Crippen LogP contribution in [-0.4, -0.2) is 58.8 Å². The van der Waals surface area contributed by atoms with Gasteiger partial charge in [0.1, 0.15) is 5.75 Å². The molecular weight excluding hydrogens is 382 g/mol. The Bertz CT molecular complexity index is 573. The van der Waals surface area contributed by atoms with Gasteiger partial charge in [0.15, 0.2) is 0 Å². The molecule has 0 unspecified atom stereocenters. The van der Waals surface area contributed by atoms with Gasteiger partial charge in [0.25, 0.3) is 0 Å². The lowest BCUT2D eigenvalue weighted by molar-refractivity contribution is 0.132. The highest BCUT2D eigenvalue weighted by molar-refractivity contribution is 7.99. The molecule has 2 fully saturated rings. The van der Waals surface area contributed by atoms with E-state index in [1.807, 2.05) is 23.9 Å². The number of rotatable bonds is 16. The zero-order valence-corrected chi connectivity index (χ0v) is 18.9. The number of thioether (sulfide) groups is 1. The molecule has 0 radical (unpaired) electrons. The van der Waals surface area contributed by atoms with Gasteiger partial charge >= 0.3 is 0 Å². The molecule has 2 N–H and O–H groups in total. The van der Waals surface area contributed by atoms with Gasteiger partial charge in [-0.15, -0.1) is 11.8 Å². The number of aliphatic hydroxyl groups is 2. The topological polar surface area (TPSA) is 52.9 Å². The molecule has 164 valence electrons. The third-order valence-corrected chi connectivity index (χ3v) is 7.43. The number of methoxy groups -OCH3 is 1. The van der Waals surface area contributed by atoms with E-state index in [4.69, 9.17) is 4.74 Å². The average molecular weight is 422 g/mol. The van der Waals surface area contributed by atoms with Crippen LogP contribution in [0.25, 0.3) is 0 Å². The number of unbranched alkanes of at least 4 members (excludes halogenated alkanes) is 2. The first-order valence-corrected chi connectivity index (χ1v) is 12.4. The van der Waals surface area contributed by atoms with E-state index in [9.17, 15) is 10.2 Å². The fourth-order valence-electron chi connectivity index (χ4n) is 3.85. The summed E-state index contributed by atoms with van der Waals surface area (Å²) in [5.41, 5.74) is -0.612. The Morgan fingerprint density at radius 1 is 0.828 bits per heavy atom. The predicted molar refractivity (Wildman–Crippen MR) is 121 cm³/mol. The van der Waals surface area contributed by atoms with E-state index in [-0.39, 0.29) is 11.2 Å². The Hall–Kier alpha value is -0.750. The summed E-state index contributed by atoms with van der Waals surface area (Å²) >= 11 is 1.91. The molecule has 2 saturated carbocycles. The van der Waals surface area contributed by atoms with Gasteiger partial charge in [-0.05, 0) is 120 Å². The Kier molecular flexibility index (Phi) is 8.72. The van der Waals surface area contributed by atoms with E-state index < -0.39 is 0 Å². The molecule has 4 nitrogen and oxygen atoms in total. The van der Waals surface area contributed by atoms with Crippen molar-refractivity contribution in [3.63, 3.8) is 0 Å². The largest absolute Gasteiger partial charge is 0.497 e. The average Bonchev–Trinajstić information content (AvgIpc) is 3.65. The van der Waals surface area contributed by atoms with Crippen molar-refractivity contribution in [3.05, 3.63) is 24.3 Å². The number of hydrogen-bond donors (Lipinski definition) is 2. The van der Waals surface area contributed by atoms with Crippen LogP contribution >= 0.6 is 11.8 Å². The molecule has 0 atom stereocenters. The predicted octanol–water partition coefficient (Wildman–Crippen LogP) is 4.87. The van der Waals surface area contributed by atoms with Crippen LogP contribution in [0, 0.1) is 0 Å². The summed E-state index contributed by atoms with van der Waals surface area (Å²) < 4.78 is 5.22. The Balaban J connectivity index is 1.31. The number of hydrogen-bond acceptors (Lipinski definition) is 5. The molecule has 0 aliphatic heterocycles. The lowest BCUT2D eigenvalue weighted by Crippen LogP contribution is -2.28. The maximum atomic E-state index is 10.0. The minimum absolute atomic E-state index is 0.306. The third kappa shape index (κ3) is 8.87. The molecule has 1 aromatic carbocycles. The molecule has 2 aliphatic carbocycles. The summed E-state index contributed by atoms with van der Waals surface area (Å²) in [6.07, 6.45) is 11.8. The van der Waals surface area contributed by atoms with E-state index >= 15 is 0 Å². The number of benzene rings is 1. The molecule has 29 heavy (non-hydrogen) atoms. The van der Waals surface area contributed by atoms with Crippen LogP contribution in [0.1, 0.15) is 70.6 Å². The van der Waals surface area contributed by atoms with Crippen molar-refractivity contribution in [1.82, 2.24) is 4.90 Å². The summed E-state index contributed by atoms with van der Waals surface area (Å²) in [6.45, 7) is 3.40. The van der Waals surface area contributed by atoms with Crippen molar-refractivity contribution in [2.75, 3.05) is 32.5 Å². The van der Waals surface area contributed by atoms with Gasteiger partial charge in [-0.3, -0.25) is 0 Å². The molecule has 5 heteroatoms. The standard InChI is InChI=1S/C24H39NO3S/c1-28-21-7-9-22(10-8-21)29-20-6-19-25(17-4-2-11-23(26)13-14-23)18-5-3-12-24(27)15-16-24/h7-10,26-27H,2-6,11-20H2,1H3. The lowest BCUT2D eigenvalue weighted by atomic mass is 10.1. The molecule has 1 aromatic rings. The van der Waals surface area contributed by atoms with Crippen molar-refractivity contribution in [2.45, 2.75) is 86.7 Å². The molecule has 0 spiro atoms. The monoisotopic (exact) mass is 421 g/mol. The smallest absolute Gasteiger partial charge is 0.118 e. The van der Waals surface area contributed by atoms with Crippen molar-refractivity contribution in [2.24, 2.45) is 0 Å². The zero-order chi connectivity index (χ0) is 20.6. The van der Waals surface area contributed by atoms with Gasteiger partial charge in [-0.2, -0.15) is 0 Å². The fraction of sp³-hybridized carbons (Fsp3) is 0.750. The normalized spacial score (nSPS) is 18.8. The summed E-state index contributed by atoms with van der Waals surface area (Å²) in [5, 5.41) is 20.0. The first-order chi connectivity index (χ1) is 14.0. The van der Waals surface area contributed by atoms with E-state index in [1.54, 1.807) is 7.11 Å². The second-order valence-corrected chi connectivity index (χ2v) is 10.3. The molecule has 0 heterocycles. The molecule has 2 aliphatic rings. The fourth-order valence-corrected chi connectivity index (χ4v) is 4.69. The van der Waals surface area contributed by atoms with Crippen LogP contribution in [0.3, 0.4) is 0 Å². The Morgan fingerprint density at radius 2 is 1.34 bits per heavy atom. The number of ether oxygens (including phenoxy) is 1. The van der Waals surface area contributed by atoms with Crippen LogP contribution in [0.5, 0.6) is 5.75 Å². The second kappa shape index (κ2) is 11.0. The molecule has 0 amide bonds. The zero-order valence-electron chi connectivity index (χ0n) is 18.1. The summed E-state index contributed by atoms with van der Waals surface area (Å²) in [7, 11) is 1.70. The highest BCUT2D eigenvalue weighted by Crippen LogP contribution is 2.40. The van der Waals surface area contributed by atoms with Crippen LogP contribution in [0.2, 0.25) is 0 Å². The van der Waals surface area contributed by atoms with E-state index in [1.165, 1.54) is 24.2 Å². The van der Waals surface area contributed by atoms with E-state index in [0.29, 0.717) is 0 Å². The second-order valence-electron chi connectivity index (χ2n) is 9.08. The minimum Gasteiger partial charge on any atom is -0.497 e. The van der Waals surface area contributed by atoms with E-state index in [0.717, 1.165) is 82.5 Å². The maximum Gasteiger partial charge on any atom is 0.118 e. The summed E-state index contributed by atoms with van der Waals surface area (Å²) in [6, 6.07) is 8.31. The SMILES string of the molecule is COc1ccc(SCCCN(CCCCC2(O)CC2)CCCCC2(O)CC2)cc1. The van der Waals surface area contributed by atoms with Gasteiger partial charge in [0.2, 0.25) is 0 Å². The van der Waals surface area contributed by atoms with Crippen molar-refractivity contribution in [1.29, 1.82) is 0 Å². The summed E-state index contributed by atoms with van der Waals surface area (Å²) in [4.78, 5) is 3.90. The maximum absolute atomic E-state index is 10.0. The quantitative estimate of drug-likeness (QED) is 0.295. The van der Waals surface area contributed by atoms with Gasteiger partial charge in [0, 0.05) is 4.90 Å². The number of nitrogens with zero attached hydrogens (tertiary/aromatic N) is 1. The Labute approximate surface area is 181 Å². The van der Waals surface area contributed by atoms with Gasteiger partial charge in [-0.25, -0.2) is 0 Å². The minimum atomic E-state index is -0.306. The van der Waals surface area contributed by atoms with Crippen LogP contribution in [0.4, 0.5) is 0 Å². The Morgan fingerprint density at radius 3 is 1.83 bits per heavy atom. The molecular formula is C24H39NO3S. The summed E-state index contributed by atoms with van der Waals surface area (Å²) in [5.74, 6) is 2.04. The van der Waals surface area contributed by atoms with Gasteiger partial charge in [0.05, 0.1) is 18.3 Å².